The van der Waals surface area contributed by atoms with Gasteiger partial charge in [-0.3, -0.25) is 9.79 Å². The van der Waals surface area contributed by atoms with E-state index in [0.29, 0.717) is 30.2 Å². The van der Waals surface area contributed by atoms with Crippen LogP contribution in [0.25, 0.3) is 0 Å². The molecule has 1 unspecified atom stereocenters. The minimum Gasteiger partial charge on any atom is -0.493 e. The number of aliphatic imine (C=N–C) groups is 1. The van der Waals surface area contributed by atoms with Crippen LogP contribution < -0.4 is 14.8 Å². The predicted molar refractivity (Wildman–Crippen MR) is 119 cm³/mol. The Labute approximate surface area is 176 Å². The molecule has 1 atom stereocenters. The summed E-state index contributed by atoms with van der Waals surface area (Å²) < 4.78 is 11.3. The number of fused-ring (bicyclic) bond motifs is 1. The van der Waals surface area contributed by atoms with Gasteiger partial charge < -0.3 is 14.8 Å². The van der Waals surface area contributed by atoms with E-state index >= 15 is 0 Å². The summed E-state index contributed by atoms with van der Waals surface area (Å²) in [6.07, 6.45) is 0.520. The number of methoxy groups -OCH3 is 1. The average molecular weight is 400 g/mol. The van der Waals surface area contributed by atoms with Crippen LogP contribution in [0, 0.1) is 0 Å². The van der Waals surface area contributed by atoms with Gasteiger partial charge in [0.15, 0.2) is 11.5 Å². The molecular weight excluding hydrogens is 376 g/mol. The summed E-state index contributed by atoms with van der Waals surface area (Å²) in [4.78, 5) is 18.0. The predicted octanol–water partition coefficient (Wildman–Crippen LogP) is 4.49. The number of hydrogen-bond donors (Lipinski definition) is 1. The van der Waals surface area contributed by atoms with Crippen molar-refractivity contribution in [2.45, 2.75) is 19.4 Å². The van der Waals surface area contributed by atoms with Gasteiger partial charge in [-0.05, 0) is 18.6 Å². The Balaban J connectivity index is 1.84. The van der Waals surface area contributed by atoms with Crippen LogP contribution in [0.4, 0.5) is 5.69 Å². The molecule has 5 nitrogen and oxygen atoms in total. The maximum Gasteiger partial charge on any atom is 0.249 e. The molecule has 0 spiro atoms. The highest BCUT2D eigenvalue weighted by Crippen LogP contribution is 2.36. The Morgan fingerprint density at radius 1 is 0.967 bits per heavy atom. The third-order valence-corrected chi connectivity index (χ3v) is 5.02. The Kier molecular flexibility index (Phi) is 5.80. The van der Waals surface area contributed by atoms with Crippen LogP contribution in [-0.4, -0.2) is 31.4 Å². The maximum atomic E-state index is 13.1. The number of hydrogen-bond acceptors (Lipinski definition) is 4. The topological polar surface area (TPSA) is 59.9 Å². The number of nitrogens with one attached hydrogen (secondary N) is 1. The van der Waals surface area contributed by atoms with E-state index in [-0.39, 0.29) is 5.91 Å². The van der Waals surface area contributed by atoms with E-state index in [9.17, 15) is 4.79 Å². The number of carbonyl (C=O) groups excluding carboxylic acids is 1. The highest BCUT2D eigenvalue weighted by molar-refractivity contribution is 6.20. The first kappa shape index (κ1) is 19.7. The lowest BCUT2D eigenvalue weighted by Gasteiger charge is -2.15. The lowest BCUT2D eigenvalue weighted by molar-refractivity contribution is -0.117. The van der Waals surface area contributed by atoms with Gasteiger partial charge in [-0.15, -0.1) is 0 Å². The molecule has 1 aliphatic heterocycles. The van der Waals surface area contributed by atoms with Crippen molar-refractivity contribution in [3.8, 4) is 11.5 Å². The largest absolute Gasteiger partial charge is 0.493 e. The highest BCUT2D eigenvalue weighted by Gasteiger charge is 2.27. The molecule has 1 aliphatic rings. The average Bonchev–Trinajstić information content (AvgIpc) is 2.91. The SMILES string of the molecule is CCOc1cc2c(cc1OC)C(c1ccccc1)=NC(Cc1ccccc1)C(=O)N2. The van der Waals surface area contributed by atoms with Crippen molar-refractivity contribution in [1.29, 1.82) is 0 Å². The van der Waals surface area contributed by atoms with Crippen LogP contribution in [-0.2, 0) is 11.2 Å². The number of rotatable bonds is 6. The molecule has 0 aliphatic carbocycles. The first-order chi connectivity index (χ1) is 14.7. The number of ether oxygens (including phenoxy) is 2. The van der Waals surface area contributed by atoms with Gasteiger partial charge in [-0.2, -0.15) is 0 Å². The third-order valence-electron chi connectivity index (χ3n) is 5.02. The first-order valence-corrected chi connectivity index (χ1v) is 10.0. The zero-order valence-corrected chi connectivity index (χ0v) is 17.1. The molecule has 0 aromatic heterocycles. The van der Waals surface area contributed by atoms with Gasteiger partial charge in [0.25, 0.3) is 0 Å². The second kappa shape index (κ2) is 8.82. The molecule has 1 amide bonds. The number of carbonyl (C=O) groups is 1. The zero-order chi connectivity index (χ0) is 20.9. The molecule has 4 rings (SSSR count). The smallest absolute Gasteiger partial charge is 0.249 e. The molecular formula is C25H24N2O3. The summed E-state index contributed by atoms with van der Waals surface area (Å²) >= 11 is 0. The van der Waals surface area contributed by atoms with E-state index < -0.39 is 6.04 Å². The molecule has 30 heavy (non-hydrogen) atoms. The van der Waals surface area contributed by atoms with Gasteiger partial charge in [-0.25, -0.2) is 0 Å². The lowest BCUT2D eigenvalue weighted by Crippen LogP contribution is -2.27. The Hall–Kier alpha value is -3.60. The van der Waals surface area contributed by atoms with E-state index in [2.05, 4.69) is 5.32 Å². The standard InChI is InChI=1S/C25H24N2O3/c1-3-30-23-16-20-19(15-22(23)29-2)24(18-12-8-5-9-13-18)26-21(25(28)27-20)14-17-10-6-4-7-11-17/h4-13,15-16,21H,3,14H2,1-2H3,(H,27,28). The molecule has 1 N–H and O–H groups in total. The monoisotopic (exact) mass is 400 g/mol. The zero-order valence-electron chi connectivity index (χ0n) is 17.1. The van der Waals surface area contributed by atoms with Gasteiger partial charge in [0.2, 0.25) is 5.91 Å². The van der Waals surface area contributed by atoms with Crippen LogP contribution in [0.15, 0.2) is 77.8 Å². The van der Waals surface area contributed by atoms with Gasteiger partial charge in [-0.1, -0.05) is 60.7 Å². The molecule has 3 aromatic carbocycles. The third kappa shape index (κ3) is 4.06. The summed E-state index contributed by atoms with van der Waals surface area (Å²) in [7, 11) is 1.61. The Morgan fingerprint density at radius 3 is 2.33 bits per heavy atom. The molecule has 0 bridgehead atoms. The molecule has 1 heterocycles. The van der Waals surface area contributed by atoms with E-state index in [1.165, 1.54) is 0 Å². The van der Waals surface area contributed by atoms with Crippen molar-refractivity contribution in [2.75, 3.05) is 19.0 Å². The molecule has 0 radical (unpaired) electrons. The molecule has 0 fully saturated rings. The van der Waals surface area contributed by atoms with Gasteiger partial charge >= 0.3 is 0 Å². The lowest BCUT2D eigenvalue weighted by atomic mass is 9.99. The fraction of sp³-hybridized carbons (Fsp3) is 0.200. The quantitative estimate of drug-likeness (QED) is 0.663. The summed E-state index contributed by atoms with van der Waals surface area (Å²) in [5.74, 6) is 1.06. The number of benzene rings is 3. The van der Waals surface area contributed by atoms with Crippen LogP contribution in [0.2, 0.25) is 0 Å². The van der Waals surface area contributed by atoms with Crippen molar-refractivity contribution >= 4 is 17.3 Å². The van der Waals surface area contributed by atoms with E-state index in [1.807, 2.05) is 79.7 Å². The molecule has 152 valence electrons. The van der Waals surface area contributed by atoms with E-state index in [1.54, 1.807) is 7.11 Å². The summed E-state index contributed by atoms with van der Waals surface area (Å²) in [6, 6.07) is 23.0. The molecule has 0 saturated heterocycles. The number of nitrogens with zero attached hydrogens (tertiary/aromatic N) is 1. The van der Waals surface area contributed by atoms with Crippen LogP contribution in [0.5, 0.6) is 11.5 Å². The minimum atomic E-state index is -0.545. The molecule has 0 saturated carbocycles. The first-order valence-electron chi connectivity index (χ1n) is 10.0. The van der Waals surface area contributed by atoms with E-state index in [0.717, 1.165) is 22.4 Å². The van der Waals surface area contributed by atoms with Crippen molar-refractivity contribution in [3.63, 3.8) is 0 Å². The van der Waals surface area contributed by atoms with Gasteiger partial charge in [0.1, 0.15) is 6.04 Å². The molecule has 3 aromatic rings. The Bertz CT molecular complexity index is 1060. The second-order valence-electron chi connectivity index (χ2n) is 7.02. The minimum absolute atomic E-state index is 0.140. The van der Waals surface area contributed by atoms with Crippen molar-refractivity contribution in [3.05, 3.63) is 89.5 Å². The normalized spacial score (nSPS) is 15.5. The summed E-state index contributed by atoms with van der Waals surface area (Å²) in [5, 5.41) is 3.05. The van der Waals surface area contributed by atoms with Gasteiger partial charge in [0, 0.05) is 23.6 Å². The second-order valence-corrected chi connectivity index (χ2v) is 7.02. The van der Waals surface area contributed by atoms with Crippen molar-refractivity contribution < 1.29 is 14.3 Å². The van der Waals surface area contributed by atoms with E-state index in [4.69, 9.17) is 14.5 Å². The number of amides is 1. The number of anilines is 1. The molecule has 5 heteroatoms. The van der Waals surface area contributed by atoms with Crippen molar-refractivity contribution in [2.24, 2.45) is 4.99 Å². The summed E-state index contributed by atoms with van der Waals surface area (Å²) in [6.45, 7) is 2.41. The van der Waals surface area contributed by atoms with Gasteiger partial charge in [0.05, 0.1) is 25.1 Å². The Morgan fingerprint density at radius 2 is 1.67 bits per heavy atom. The fourth-order valence-corrected chi connectivity index (χ4v) is 3.59. The number of benzodiazepines with no additional fused rings is 1. The van der Waals surface area contributed by atoms with Crippen LogP contribution in [0.3, 0.4) is 0 Å². The fourth-order valence-electron chi connectivity index (χ4n) is 3.59. The highest BCUT2D eigenvalue weighted by atomic mass is 16.5. The summed E-state index contributed by atoms with van der Waals surface area (Å²) in [5.41, 5.74) is 4.24. The van der Waals surface area contributed by atoms with Crippen molar-refractivity contribution in [1.82, 2.24) is 0 Å². The van der Waals surface area contributed by atoms with Crippen LogP contribution >= 0.6 is 0 Å². The maximum absolute atomic E-state index is 13.1. The van der Waals surface area contributed by atoms with Crippen LogP contribution in [0.1, 0.15) is 23.6 Å².